The van der Waals surface area contributed by atoms with Crippen LogP contribution in [0.15, 0.2) is 23.1 Å². The molecule has 1 aromatic rings. The molecule has 0 radical (unpaired) electrons. The molecule has 2 atom stereocenters. The number of sulfonamides is 1. The van der Waals surface area contributed by atoms with E-state index in [1.54, 1.807) is 6.07 Å². The van der Waals surface area contributed by atoms with Crippen LogP contribution in [-0.2, 0) is 10.0 Å². The minimum atomic E-state index is -3.70. The van der Waals surface area contributed by atoms with Gasteiger partial charge in [-0.2, -0.15) is 0 Å². The highest BCUT2D eigenvalue weighted by molar-refractivity contribution is 7.89. The maximum absolute atomic E-state index is 11.4. The summed E-state index contributed by atoms with van der Waals surface area (Å²) in [6.45, 7) is 1.89. The van der Waals surface area contributed by atoms with Gasteiger partial charge in [-0.1, -0.05) is 0 Å². The monoisotopic (exact) mass is 310 g/mol. The molecule has 6 nitrogen and oxygen atoms in total. The standard InChI is InChI=1S/C14H22N4O2S/c1-17-10-2-3-11(17)9-18(7-6-10)14-5-4-12(8-13(14)15)21(16,19)20/h4-5,8,10-11H,2-3,6-7,9,15H2,1H3,(H2,16,19,20). The van der Waals surface area contributed by atoms with Crippen molar-refractivity contribution in [3.05, 3.63) is 18.2 Å². The minimum absolute atomic E-state index is 0.0669. The van der Waals surface area contributed by atoms with E-state index in [2.05, 4.69) is 16.8 Å². The fourth-order valence-corrected chi connectivity index (χ4v) is 4.07. The van der Waals surface area contributed by atoms with Crippen LogP contribution in [0, 0.1) is 0 Å². The van der Waals surface area contributed by atoms with Crippen molar-refractivity contribution in [1.29, 1.82) is 0 Å². The van der Waals surface area contributed by atoms with E-state index in [0.29, 0.717) is 17.8 Å². The molecule has 7 heteroatoms. The SMILES string of the molecule is CN1C2CCC1CN(c1ccc(S(N)(=O)=O)cc1N)CC2. The second kappa shape index (κ2) is 5.15. The van der Waals surface area contributed by atoms with Crippen molar-refractivity contribution in [1.82, 2.24) is 4.90 Å². The number of likely N-dealkylation sites (N-methyl/N-ethyl adjacent to an activating group) is 1. The Labute approximate surface area is 125 Å². The van der Waals surface area contributed by atoms with Crippen LogP contribution in [0.1, 0.15) is 19.3 Å². The molecular weight excluding hydrogens is 288 g/mol. The molecule has 3 rings (SSSR count). The molecule has 21 heavy (non-hydrogen) atoms. The third-order valence-corrected chi connectivity index (χ3v) is 5.73. The summed E-state index contributed by atoms with van der Waals surface area (Å²) in [6, 6.07) is 5.97. The highest BCUT2D eigenvalue weighted by Gasteiger charge is 2.35. The number of anilines is 2. The van der Waals surface area contributed by atoms with E-state index in [4.69, 9.17) is 10.9 Å². The Morgan fingerprint density at radius 2 is 1.90 bits per heavy atom. The summed E-state index contributed by atoms with van der Waals surface area (Å²) >= 11 is 0. The van der Waals surface area contributed by atoms with Crippen molar-refractivity contribution < 1.29 is 8.42 Å². The normalized spacial score (nSPS) is 26.9. The van der Waals surface area contributed by atoms with Crippen LogP contribution in [0.3, 0.4) is 0 Å². The van der Waals surface area contributed by atoms with Crippen LogP contribution >= 0.6 is 0 Å². The molecule has 2 aliphatic rings. The van der Waals surface area contributed by atoms with Crippen molar-refractivity contribution in [2.24, 2.45) is 5.14 Å². The maximum atomic E-state index is 11.4. The summed E-state index contributed by atoms with van der Waals surface area (Å²) < 4.78 is 22.8. The Hall–Kier alpha value is -1.31. The molecule has 1 aromatic carbocycles. The molecule has 2 unspecified atom stereocenters. The van der Waals surface area contributed by atoms with Crippen LogP contribution in [0.25, 0.3) is 0 Å². The van der Waals surface area contributed by atoms with Gasteiger partial charge in [-0.25, -0.2) is 13.6 Å². The molecule has 2 heterocycles. The second-order valence-electron chi connectivity index (χ2n) is 6.05. The zero-order chi connectivity index (χ0) is 15.2. The highest BCUT2D eigenvalue weighted by Crippen LogP contribution is 2.33. The summed E-state index contributed by atoms with van der Waals surface area (Å²) in [5.74, 6) is 0. The number of nitrogen functional groups attached to an aromatic ring is 1. The van der Waals surface area contributed by atoms with Gasteiger partial charge in [-0.05, 0) is 44.5 Å². The lowest BCUT2D eigenvalue weighted by Gasteiger charge is -2.28. The molecule has 0 aromatic heterocycles. The summed E-state index contributed by atoms with van der Waals surface area (Å²) in [5.41, 5.74) is 7.44. The number of hydrogen-bond donors (Lipinski definition) is 2. The minimum Gasteiger partial charge on any atom is -0.397 e. The smallest absolute Gasteiger partial charge is 0.238 e. The molecule has 2 bridgehead atoms. The number of benzene rings is 1. The molecule has 2 aliphatic heterocycles. The van der Waals surface area contributed by atoms with Crippen LogP contribution in [0.4, 0.5) is 11.4 Å². The average Bonchev–Trinajstić information content (AvgIpc) is 2.63. The van der Waals surface area contributed by atoms with E-state index in [1.165, 1.54) is 25.0 Å². The lowest BCUT2D eigenvalue weighted by atomic mass is 10.1. The lowest BCUT2D eigenvalue weighted by molar-refractivity contribution is 0.254. The van der Waals surface area contributed by atoms with Gasteiger partial charge in [0.05, 0.1) is 16.3 Å². The molecule has 116 valence electrons. The third-order valence-electron chi connectivity index (χ3n) is 4.82. The van der Waals surface area contributed by atoms with Crippen molar-refractivity contribution >= 4 is 21.4 Å². The fourth-order valence-electron chi connectivity index (χ4n) is 3.53. The average molecular weight is 310 g/mol. The van der Waals surface area contributed by atoms with Gasteiger partial charge in [-0.3, -0.25) is 4.90 Å². The first-order valence-electron chi connectivity index (χ1n) is 7.25. The second-order valence-corrected chi connectivity index (χ2v) is 7.61. The topological polar surface area (TPSA) is 92.7 Å². The lowest BCUT2D eigenvalue weighted by Crippen LogP contribution is -2.36. The molecule has 0 saturated carbocycles. The van der Waals surface area contributed by atoms with Gasteiger partial charge in [0.2, 0.25) is 10.0 Å². The van der Waals surface area contributed by atoms with Crippen LogP contribution in [0.5, 0.6) is 0 Å². The number of hydrogen-bond acceptors (Lipinski definition) is 5. The largest absolute Gasteiger partial charge is 0.397 e. The van der Waals surface area contributed by atoms with Gasteiger partial charge < -0.3 is 10.6 Å². The van der Waals surface area contributed by atoms with Crippen LogP contribution in [0.2, 0.25) is 0 Å². The zero-order valence-electron chi connectivity index (χ0n) is 12.2. The molecular formula is C14H22N4O2S. The Morgan fingerprint density at radius 1 is 1.19 bits per heavy atom. The van der Waals surface area contributed by atoms with E-state index in [0.717, 1.165) is 25.2 Å². The number of nitrogens with zero attached hydrogens (tertiary/aromatic N) is 2. The number of rotatable bonds is 2. The quantitative estimate of drug-likeness (QED) is 0.780. The maximum Gasteiger partial charge on any atom is 0.238 e. The molecule has 0 spiro atoms. The summed E-state index contributed by atoms with van der Waals surface area (Å²) in [5, 5.41) is 5.14. The summed E-state index contributed by atoms with van der Waals surface area (Å²) in [6.07, 6.45) is 3.60. The van der Waals surface area contributed by atoms with Gasteiger partial charge >= 0.3 is 0 Å². The van der Waals surface area contributed by atoms with E-state index in [1.807, 2.05) is 0 Å². The molecule has 2 fully saturated rings. The Morgan fingerprint density at radius 3 is 2.57 bits per heavy atom. The van der Waals surface area contributed by atoms with Gasteiger partial charge in [0.15, 0.2) is 0 Å². The van der Waals surface area contributed by atoms with E-state index < -0.39 is 10.0 Å². The van der Waals surface area contributed by atoms with Crippen LogP contribution < -0.4 is 15.8 Å². The number of fused-ring (bicyclic) bond motifs is 2. The summed E-state index contributed by atoms with van der Waals surface area (Å²) in [7, 11) is -1.51. The van der Waals surface area contributed by atoms with Gasteiger partial charge in [-0.15, -0.1) is 0 Å². The summed E-state index contributed by atoms with van der Waals surface area (Å²) in [4.78, 5) is 4.80. The van der Waals surface area contributed by atoms with Gasteiger partial charge in [0.25, 0.3) is 0 Å². The number of nitrogens with two attached hydrogens (primary N) is 2. The first-order chi connectivity index (χ1) is 9.86. The fraction of sp³-hybridized carbons (Fsp3) is 0.571. The van der Waals surface area contributed by atoms with Crippen molar-refractivity contribution in [3.63, 3.8) is 0 Å². The predicted molar refractivity (Wildman–Crippen MR) is 83.6 cm³/mol. The highest BCUT2D eigenvalue weighted by atomic mass is 32.2. The van der Waals surface area contributed by atoms with Gasteiger partial charge in [0, 0.05) is 25.2 Å². The third kappa shape index (κ3) is 2.73. The molecule has 0 amide bonds. The van der Waals surface area contributed by atoms with E-state index in [-0.39, 0.29) is 4.90 Å². The zero-order valence-corrected chi connectivity index (χ0v) is 13.0. The molecule has 4 N–H and O–H groups in total. The van der Waals surface area contributed by atoms with Gasteiger partial charge in [0.1, 0.15) is 0 Å². The first-order valence-corrected chi connectivity index (χ1v) is 8.80. The predicted octanol–water partition coefficient (Wildman–Crippen LogP) is 0.589. The first kappa shape index (κ1) is 14.6. The Kier molecular flexibility index (Phi) is 3.59. The van der Waals surface area contributed by atoms with E-state index >= 15 is 0 Å². The van der Waals surface area contributed by atoms with E-state index in [9.17, 15) is 8.42 Å². The van der Waals surface area contributed by atoms with Crippen molar-refractivity contribution in [3.8, 4) is 0 Å². The van der Waals surface area contributed by atoms with Crippen molar-refractivity contribution in [2.75, 3.05) is 30.8 Å². The van der Waals surface area contributed by atoms with Crippen molar-refractivity contribution in [2.45, 2.75) is 36.2 Å². The molecule has 0 aliphatic carbocycles. The number of primary sulfonamides is 1. The Bertz CT molecular complexity index is 646. The van der Waals surface area contributed by atoms with Crippen LogP contribution in [-0.4, -0.2) is 45.5 Å². The Balaban J connectivity index is 1.87. The molecule has 2 saturated heterocycles.